The molecule has 1 aliphatic carbocycles. The molecule has 1 fully saturated rings. The van der Waals surface area contributed by atoms with E-state index in [-0.39, 0.29) is 11.8 Å². The largest absolute Gasteiger partial charge is 0.330 e. The highest BCUT2D eigenvalue weighted by Gasteiger charge is 2.31. The van der Waals surface area contributed by atoms with Gasteiger partial charge in [-0.2, -0.15) is 0 Å². The molecule has 2 rings (SSSR count). The molecule has 1 aromatic rings. The average molecular weight is 246 g/mol. The van der Waals surface area contributed by atoms with Gasteiger partial charge in [-0.3, -0.25) is 4.79 Å². The SMILES string of the molecule is Cc1cccc(NC(=O)C2CCCC2CN)c1C. The molecule has 98 valence electrons. The number of hydrogen-bond acceptors (Lipinski definition) is 2. The summed E-state index contributed by atoms with van der Waals surface area (Å²) in [4.78, 5) is 12.3. The van der Waals surface area contributed by atoms with Crippen molar-refractivity contribution in [2.75, 3.05) is 11.9 Å². The number of anilines is 1. The molecule has 1 aliphatic rings. The van der Waals surface area contributed by atoms with Gasteiger partial charge in [-0.05, 0) is 56.3 Å². The Labute approximate surface area is 109 Å². The van der Waals surface area contributed by atoms with Crippen LogP contribution in [-0.2, 0) is 4.79 Å². The number of amides is 1. The zero-order valence-corrected chi connectivity index (χ0v) is 11.2. The summed E-state index contributed by atoms with van der Waals surface area (Å²) in [6.45, 7) is 4.72. The van der Waals surface area contributed by atoms with Crippen molar-refractivity contribution in [3.05, 3.63) is 29.3 Å². The van der Waals surface area contributed by atoms with Crippen LogP contribution in [0, 0.1) is 25.7 Å². The first-order chi connectivity index (χ1) is 8.63. The topological polar surface area (TPSA) is 55.1 Å². The van der Waals surface area contributed by atoms with Gasteiger partial charge in [0.05, 0.1) is 0 Å². The van der Waals surface area contributed by atoms with Gasteiger partial charge in [0.15, 0.2) is 0 Å². The van der Waals surface area contributed by atoms with Crippen LogP contribution in [-0.4, -0.2) is 12.5 Å². The monoisotopic (exact) mass is 246 g/mol. The molecule has 0 spiro atoms. The smallest absolute Gasteiger partial charge is 0.227 e. The van der Waals surface area contributed by atoms with Gasteiger partial charge in [-0.15, -0.1) is 0 Å². The zero-order chi connectivity index (χ0) is 13.1. The van der Waals surface area contributed by atoms with E-state index in [1.807, 2.05) is 19.1 Å². The highest BCUT2D eigenvalue weighted by molar-refractivity contribution is 5.93. The number of rotatable bonds is 3. The van der Waals surface area contributed by atoms with Gasteiger partial charge in [0.1, 0.15) is 0 Å². The van der Waals surface area contributed by atoms with E-state index < -0.39 is 0 Å². The molecule has 0 aliphatic heterocycles. The fourth-order valence-corrected chi connectivity index (χ4v) is 2.78. The first-order valence-electron chi connectivity index (χ1n) is 6.70. The van der Waals surface area contributed by atoms with Crippen LogP contribution < -0.4 is 11.1 Å². The van der Waals surface area contributed by atoms with E-state index in [2.05, 4.69) is 18.3 Å². The Bertz CT molecular complexity index is 442. The summed E-state index contributed by atoms with van der Waals surface area (Å²) < 4.78 is 0. The minimum absolute atomic E-state index is 0.0925. The van der Waals surface area contributed by atoms with Gasteiger partial charge in [-0.25, -0.2) is 0 Å². The molecule has 2 atom stereocenters. The van der Waals surface area contributed by atoms with Crippen molar-refractivity contribution >= 4 is 11.6 Å². The Hall–Kier alpha value is -1.35. The van der Waals surface area contributed by atoms with E-state index in [0.29, 0.717) is 12.5 Å². The molecule has 0 bridgehead atoms. The molecule has 3 N–H and O–H groups in total. The van der Waals surface area contributed by atoms with Crippen LogP contribution in [0.5, 0.6) is 0 Å². The van der Waals surface area contributed by atoms with Crippen molar-refractivity contribution in [3.63, 3.8) is 0 Å². The number of benzene rings is 1. The maximum atomic E-state index is 12.3. The van der Waals surface area contributed by atoms with E-state index in [0.717, 1.165) is 30.5 Å². The minimum Gasteiger partial charge on any atom is -0.330 e. The summed E-state index contributed by atoms with van der Waals surface area (Å²) in [5.74, 6) is 0.585. The maximum Gasteiger partial charge on any atom is 0.227 e. The summed E-state index contributed by atoms with van der Waals surface area (Å²) in [5.41, 5.74) is 9.01. The molecule has 2 unspecified atom stereocenters. The summed E-state index contributed by atoms with van der Waals surface area (Å²) in [6.07, 6.45) is 3.17. The second-order valence-corrected chi connectivity index (χ2v) is 5.27. The maximum absolute atomic E-state index is 12.3. The highest BCUT2D eigenvalue weighted by Crippen LogP contribution is 2.32. The van der Waals surface area contributed by atoms with Crippen LogP contribution in [0.15, 0.2) is 18.2 Å². The van der Waals surface area contributed by atoms with Crippen molar-refractivity contribution in [3.8, 4) is 0 Å². The van der Waals surface area contributed by atoms with Gasteiger partial charge < -0.3 is 11.1 Å². The van der Waals surface area contributed by atoms with E-state index in [1.54, 1.807) is 0 Å². The minimum atomic E-state index is 0.0925. The van der Waals surface area contributed by atoms with Gasteiger partial charge >= 0.3 is 0 Å². The molecular weight excluding hydrogens is 224 g/mol. The number of carbonyl (C=O) groups excluding carboxylic acids is 1. The number of aryl methyl sites for hydroxylation is 1. The number of nitrogens with two attached hydrogens (primary N) is 1. The lowest BCUT2D eigenvalue weighted by atomic mass is 9.95. The van der Waals surface area contributed by atoms with Crippen molar-refractivity contribution in [2.24, 2.45) is 17.6 Å². The van der Waals surface area contributed by atoms with Crippen LogP contribution in [0.1, 0.15) is 30.4 Å². The molecule has 3 heteroatoms. The standard InChI is InChI=1S/C15H22N2O/c1-10-5-3-8-14(11(10)2)17-15(18)13-7-4-6-12(13)9-16/h3,5,8,12-13H,4,6-7,9,16H2,1-2H3,(H,17,18). The molecular formula is C15H22N2O. The summed E-state index contributed by atoms with van der Waals surface area (Å²) in [6, 6.07) is 6.00. The quantitative estimate of drug-likeness (QED) is 0.861. The molecule has 3 nitrogen and oxygen atoms in total. The van der Waals surface area contributed by atoms with Crippen molar-refractivity contribution < 1.29 is 4.79 Å². The van der Waals surface area contributed by atoms with Crippen LogP contribution in [0.25, 0.3) is 0 Å². The van der Waals surface area contributed by atoms with Crippen molar-refractivity contribution in [1.82, 2.24) is 0 Å². The predicted octanol–water partition coefficient (Wildman–Crippen LogP) is 2.62. The normalized spacial score (nSPS) is 23.1. The molecule has 1 aromatic carbocycles. The highest BCUT2D eigenvalue weighted by atomic mass is 16.1. The predicted molar refractivity (Wildman–Crippen MR) is 74.4 cm³/mol. The fourth-order valence-electron chi connectivity index (χ4n) is 2.78. The first-order valence-corrected chi connectivity index (χ1v) is 6.70. The molecule has 1 saturated carbocycles. The second-order valence-electron chi connectivity index (χ2n) is 5.27. The Morgan fingerprint density at radius 1 is 1.39 bits per heavy atom. The Balaban J connectivity index is 2.09. The van der Waals surface area contributed by atoms with Crippen molar-refractivity contribution in [1.29, 1.82) is 0 Å². The van der Waals surface area contributed by atoms with Gasteiger partial charge in [0, 0.05) is 11.6 Å². The molecule has 18 heavy (non-hydrogen) atoms. The molecule has 0 saturated heterocycles. The van der Waals surface area contributed by atoms with Crippen LogP contribution >= 0.6 is 0 Å². The summed E-state index contributed by atoms with van der Waals surface area (Å²) in [5, 5.41) is 3.06. The average Bonchev–Trinajstić information content (AvgIpc) is 2.83. The van der Waals surface area contributed by atoms with Crippen LogP contribution in [0.4, 0.5) is 5.69 Å². The lowest BCUT2D eigenvalue weighted by molar-refractivity contribution is -0.120. The van der Waals surface area contributed by atoms with Crippen LogP contribution in [0.3, 0.4) is 0 Å². The number of nitrogens with one attached hydrogen (secondary N) is 1. The Kier molecular flexibility index (Phi) is 4.02. The van der Waals surface area contributed by atoms with Crippen molar-refractivity contribution in [2.45, 2.75) is 33.1 Å². The summed E-state index contributed by atoms with van der Waals surface area (Å²) in [7, 11) is 0. The van der Waals surface area contributed by atoms with E-state index in [9.17, 15) is 4.79 Å². The van der Waals surface area contributed by atoms with Gasteiger partial charge in [-0.1, -0.05) is 18.6 Å². The number of hydrogen-bond donors (Lipinski definition) is 2. The third kappa shape index (κ3) is 2.56. The third-order valence-corrected chi connectivity index (χ3v) is 4.16. The molecule has 0 heterocycles. The second kappa shape index (κ2) is 5.53. The lowest BCUT2D eigenvalue weighted by Gasteiger charge is -2.18. The molecule has 1 amide bonds. The fraction of sp³-hybridized carbons (Fsp3) is 0.533. The third-order valence-electron chi connectivity index (χ3n) is 4.16. The zero-order valence-electron chi connectivity index (χ0n) is 11.2. The van der Waals surface area contributed by atoms with E-state index in [4.69, 9.17) is 5.73 Å². The summed E-state index contributed by atoms with van der Waals surface area (Å²) >= 11 is 0. The van der Waals surface area contributed by atoms with E-state index >= 15 is 0 Å². The Morgan fingerprint density at radius 3 is 2.89 bits per heavy atom. The molecule has 0 radical (unpaired) electrons. The first kappa shape index (κ1) is 13.1. The van der Waals surface area contributed by atoms with Crippen LogP contribution in [0.2, 0.25) is 0 Å². The van der Waals surface area contributed by atoms with Gasteiger partial charge in [0.25, 0.3) is 0 Å². The van der Waals surface area contributed by atoms with E-state index in [1.165, 1.54) is 5.56 Å². The molecule has 0 aromatic heterocycles. The van der Waals surface area contributed by atoms with Gasteiger partial charge in [0.2, 0.25) is 5.91 Å². The lowest BCUT2D eigenvalue weighted by Crippen LogP contribution is -2.30. The number of carbonyl (C=O) groups is 1. The Morgan fingerprint density at radius 2 is 2.17 bits per heavy atom.